The minimum absolute atomic E-state index is 0.163. The number of hydrogen-bond acceptors (Lipinski definition) is 5. The Bertz CT molecular complexity index is 652. The summed E-state index contributed by atoms with van der Waals surface area (Å²) >= 11 is 0. The van der Waals surface area contributed by atoms with E-state index in [2.05, 4.69) is 15.3 Å². The lowest BCUT2D eigenvalue weighted by atomic mass is 10.2. The second kappa shape index (κ2) is 6.78. The molecular weight excluding hydrogens is 268 g/mol. The number of anilines is 2. The number of nitrogens with two attached hydrogens (primary N) is 1. The molecule has 0 unspecified atom stereocenters. The van der Waals surface area contributed by atoms with Gasteiger partial charge in [-0.25, -0.2) is 4.98 Å². The topological polar surface area (TPSA) is 93.0 Å². The summed E-state index contributed by atoms with van der Waals surface area (Å²) in [6.45, 7) is 4.91. The number of benzene rings is 1. The average Bonchev–Trinajstić information content (AvgIpc) is 2.44. The molecular formula is C15H20N4O2. The summed E-state index contributed by atoms with van der Waals surface area (Å²) in [7, 11) is 0. The summed E-state index contributed by atoms with van der Waals surface area (Å²) in [4.78, 5) is 18.6. The van der Waals surface area contributed by atoms with Gasteiger partial charge in [0.2, 0.25) is 0 Å². The van der Waals surface area contributed by atoms with Gasteiger partial charge in [0, 0.05) is 12.0 Å². The van der Waals surface area contributed by atoms with E-state index in [1.807, 2.05) is 32.0 Å². The van der Waals surface area contributed by atoms with Crippen LogP contribution in [0.3, 0.4) is 0 Å². The van der Waals surface area contributed by atoms with Crippen LogP contribution in [0, 0.1) is 0 Å². The van der Waals surface area contributed by atoms with E-state index in [-0.39, 0.29) is 11.5 Å². The fraction of sp³-hybridized carbons (Fsp3) is 0.333. The highest BCUT2D eigenvalue weighted by Gasteiger charge is 2.05. The van der Waals surface area contributed by atoms with Crippen LogP contribution >= 0.6 is 0 Å². The maximum absolute atomic E-state index is 11.5. The molecule has 6 nitrogen and oxygen atoms in total. The van der Waals surface area contributed by atoms with Gasteiger partial charge >= 0.3 is 0 Å². The molecule has 0 aliphatic heterocycles. The lowest BCUT2D eigenvalue weighted by molar-refractivity contribution is 0.334. The van der Waals surface area contributed by atoms with Gasteiger partial charge in [-0.3, -0.25) is 4.79 Å². The largest absolute Gasteiger partial charge is 0.490 e. The van der Waals surface area contributed by atoms with E-state index in [4.69, 9.17) is 10.5 Å². The van der Waals surface area contributed by atoms with E-state index < -0.39 is 0 Å². The molecule has 0 fully saturated rings. The number of aromatic nitrogens is 2. The number of H-pyrrole nitrogens is 1. The fourth-order valence-corrected chi connectivity index (χ4v) is 1.79. The van der Waals surface area contributed by atoms with Crippen molar-refractivity contribution in [1.82, 2.24) is 9.97 Å². The number of nitrogens with zero attached hydrogens (tertiary/aromatic N) is 1. The van der Waals surface area contributed by atoms with Gasteiger partial charge in [-0.2, -0.15) is 0 Å². The van der Waals surface area contributed by atoms with Crippen molar-refractivity contribution < 1.29 is 4.74 Å². The Kier molecular flexibility index (Phi) is 4.81. The van der Waals surface area contributed by atoms with E-state index in [0.717, 1.165) is 0 Å². The highest BCUT2D eigenvalue weighted by molar-refractivity contribution is 5.51. The molecule has 0 spiro atoms. The Hall–Kier alpha value is -2.50. The van der Waals surface area contributed by atoms with Crippen molar-refractivity contribution in [1.29, 1.82) is 0 Å². The third kappa shape index (κ3) is 4.24. The van der Waals surface area contributed by atoms with Gasteiger partial charge in [0.25, 0.3) is 5.56 Å². The Morgan fingerprint density at radius 3 is 2.86 bits per heavy atom. The molecule has 6 heteroatoms. The van der Waals surface area contributed by atoms with Crippen LogP contribution in [0.15, 0.2) is 35.1 Å². The van der Waals surface area contributed by atoms with Gasteiger partial charge in [0.1, 0.15) is 24.0 Å². The molecule has 21 heavy (non-hydrogen) atoms. The van der Waals surface area contributed by atoms with Crippen molar-refractivity contribution in [2.75, 3.05) is 24.2 Å². The molecule has 1 aromatic heterocycles. The molecule has 0 saturated carbocycles. The number of hydrogen-bond donors (Lipinski definition) is 3. The van der Waals surface area contributed by atoms with Crippen LogP contribution in [0.25, 0.3) is 0 Å². The summed E-state index contributed by atoms with van der Waals surface area (Å²) in [5, 5.41) is 3.07. The van der Waals surface area contributed by atoms with Crippen molar-refractivity contribution in [3.63, 3.8) is 0 Å². The van der Waals surface area contributed by atoms with E-state index in [0.29, 0.717) is 36.2 Å². The molecule has 112 valence electrons. The third-order valence-corrected chi connectivity index (χ3v) is 2.89. The quantitative estimate of drug-likeness (QED) is 0.558. The molecule has 2 rings (SSSR count). The van der Waals surface area contributed by atoms with Crippen LogP contribution in [0.1, 0.15) is 25.6 Å². The van der Waals surface area contributed by atoms with Crippen LogP contribution in [0.5, 0.6) is 5.75 Å². The summed E-state index contributed by atoms with van der Waals surface area (Å²) in [5.41, 5.74) is 6.23. The lowest BCUT2D eigenvalue weighted by Crippen LogP contribution is -2.17. The Labute approximate surface area is 123 Å². The van der Waals surface area contributed by atoms with Crippen molar-refractivity contribution in [2.24, 2.45) is 0 Å². The molecule has 4 N–H and O–H groups in total. The van der Waals surface area contributed by atoms with Crippen molar-refractivity contribution in [3.8, 4) is 5.75 Å². The van der Waals surface area contributed by atoms with E-state index in [1.54, 1.807) is 6.07 Å². The zero-order chi connectivity index (χ0) is 15.2. The zero-order valence-corrected chi connectivity index (χ0v) is 12.2. The van der Waals surface area contributed by atoms with Gasteiger partial charge in [0.15, 0.2) is 0 Å². The van der Waals surface area contributed by atoms with Crippen LogP contribution in [0.2, 0.25) is 0 Å². The number of nitrogen functional groups attached to an aromatic ring is 1. The highest BCUT2D eigenvalue weighted by atomic mass is 16.5. The molecule has 0 radical (unpaired) electrons. The van der Waals surface area contributed by atoms with Crippen LogP contribution in [0.4, 0.5) is 11.5 Å². The van der Waals surface area contributed by atoms with E-state index in [1.165, 1.54) is 6.07 Å². The van der Waals surface area contributed by atoms with E-state index in [9.17, 15) is 4.79 Å². The fourth-order valence-electron chi connectivity index (χ4n) is 1.79. The second-order valence-corrected chi connectivity index (χ2v) is 4.98. The predicted molar refractivity (Wildman–Crippen MR) is 83.8 cm³/mol. The Morgan fingerprint density at radius 2 is 2.14 bits per heavy atom. The molecule has 0 saturated heterocycles. The minimum atomic E-state index is -0.163. The molecule has 1 aromatic carbocycles. The van der Waals surface area contributed by atoms with Gasteiger partial charge in [0.05, 0.1) is 12.2 Å². The number of rotatable bonds is 6. The first-order valence-electron chi connectivity index (χ1n) is 6.88. The molecule has 0 aliphatic carbocycles. The predicted octanol–water partition coefficient (Wildman–Crippen LogP) is 1.97. The van der Waals surface area contributed by atoms with Gasteiger partial charge in [-0.15, -0.1) is 0 Å². The van der Waals surface area contributed by atoms with Crippen LogP contribution in [-0.2, 0) is 0 Å². The Balaban J connectivity index is 1.89. The lowest BCUT2D eigenvalue weighted by Gasteiger charge is -2.11. The monoisotopic (exact) mass is 288 g/mol. The van der Waals surface area contributed by atoms with E-state index >= 15 is 0 Å². The normalized spacial score (nSPS) is 10.6. The van der Waals surface area contributed by atoms with Crippen LogP contribution < -0.4 is 21.3 Å². The molecule has 0 aliphatic rings. The number of para-hydroxylation sites is 2. The van der Waals surface area contributed by atoms with Gasteiger partial charge in [-0.1, -0.05) is 26.0 Å². The molecule has 0 atom stereocenters. The Morgan fingerprint density at radius 1 is 1.38 bits per heavy atom. The number of ether oxygens (including phenoxy) is 1. The first-order valence-corrected chi connectivity index (χ1v) is 6.88. The molecule has 2 aromatic rings. The summed E-state index contributed by atoms with van der Waals surface area (Å²) in [6.07, 6.45) is 0. The highest BCUT2D eigenvalue weighted by Crippen LogP contribution is 2.19. The number of nitrogens with one attached hydrogen (secondary N) is 2. The molecule has 0 amide bonds. The van der Waals surface area contributed by atoms with Crippen molar-refractivity contribution >= 4 is 11.5 Å². The molecule has 0 bridgehead atoms. The van der Waals surface area contributed by atoms with Gasteiger partial charge in [-0.05, 0) is 12.1 Å². The standard InChI is InChI=1S/C15H20N4O2/c1-10(2)15-18-13(9-14(20)19-15)17-7-8-21-12-6-4-3-5-11(12)16/h3-6,9-10H,7-8,16H2,1-2H3,(H2,17,18,19,20). The first kappa shape index (κ1) is 14.9. The maximum atomic E-state index is 11.5. The molecule has 1 heterocycles. The smallest absolute Gasteiger partial charge is 0.252 e. The van der Waals surface area contributed by atoms with Gasteiger partial charge < -0.3 is 20.8 Å². The summed E-state index contributed by atoms with van der Waals surface area (Å²) < 4.78 is 5.57. The summed E-state index contributed by atoms with van der Waals surface area (Å²) in [6, 6.07) is 8.76. The number of aromatic amines is 1. The zero-order valence-electron chi connectivity index (χ0n) is 12.2. The van der Waals surface area contributed by atoms with Crippen LogP contribution in [-0.4, -0.2) is 23.1 Å². The second-order valence-electron chi connectivity index (χ2n) is 4.98. The SMILES string of the molecule is CC(C)c1nc(NCCOc2ccccc2N)cc(=O)[nH]1. The van der Waals surface area contributed by atoms with Crippen molar-refractivity contribution in [2.45, 2.75) is 19.8 Å². The minimum Gasteiger partial charge on any atom is -0.490 e. The third-order valence-electron chi connectivity index (χ3n) is 2.89. The average molecular weight is 288 g/mol. The first-order chi connectivity index (χ1) is 10.1. The maximum Gasteiger partial charge on any atom is 0.252 e. The van der Waals surface area contributed by atoms with Crippen molar-refractivity contribution in [3.05, 3.63) is 46.5 Å². The summed E-state index contributed by atoms with van der Waals surface area (Å²) in [5.74, 6) is 2.03.